The van der Waals surface area contributed by atoms with Crippen LogP contribution in [0.15, 0.2) is 0 Å². The first-order valence-electron chi connectivity index (χ1n) is 4.06. The van der Waals surface area contributed by atoms with Crippen LogP contribution in [0.1, 0.15) is 20.3 Å². The molecule has 3 atom stereocenters. The summed E-state index contributed by atoms with van der Waals surface area (Å²) in [7, 11) is 0. The minimum Gasteiger partial charge on any atom is -0.300 e. The van der Waals surface area contributed by atoms with Gasteiger partial charge in [-0.1, -0.05) is 12.8 Å². The molecule has 2 heteroatoms. The summed E-state index contributed by atoms with van der Waals surface area (Å²) in [5.41, 5.74) is 0. The lowest BCUT2D eigenvalue weighted by Crippen LogP contribution is -2.35. The molecule has 0 radical (unpaired) electrons. The standard InChI is InChI=1S/C9H15NS/c1-4-7(2)10-9-5-8(3)11-6-9/h1,7-10H,5-6H2,2-3H3. The molecule has 0 aromatic heterocycles. The van der Waals surface area contributed by atoms with Gasteiger partial charge in [-0.3, -0.25) is 0 Å². The lowest BCUT2D eigenvalue weighted by Gasteiger charge is -2.13. The highest BCUT2D eigenvalue weighted by molar-refractivity contribution is 8.00. The van der Waals surface area contributed by atoms with Crippen LogP contribution < -0.4 is 5.32 Å². The van der Waals surface area contributed by atoms with Gasteiger partial charge >= 0.3 is 0 Å². The maximum atomic E-state index is 5.27. The van der Waals surface area contributed by atoms with Crippen molar-refractivity contribution < 1.29 is 0 Å². The van der Waals surface area contributed by atoms with E-state index < -0.39 is 0 Å². The number of hydrogen-bond donors (Lipinski definition) is 1. The second-order valence-corrected chi connectivity index (χ2v) is 4.60. The zero-order chi connectivity index (χ0) is 8.27. The van der Waals surface area contributed by atoms with Gasteiger partial charge in [0.05, 0.1) is 6.04 Å². The van der Waals surface area contributed by atoms with Crippen molar-refractivity contribution in [1.82, 2.24) is 5.32 Å². The third-order valence-corrected chi connectivity index (χ3v) is 3.29. The molecule has 11 heavy (non-hydrogen) atoms. The number of rotatable bonds is 2. The molecule has 1 aliphatic rings. The first kappa shape index (κ1) is 8.96. The molecule has 1 nitrogen and oxygen atoms in total. The van der Waals surface area contributed by atoms with Crippen LogP contribution in [-0.2, 0) is 0 Å². The van der Waals surface area contributed by atoms with Crippen molar-refractivity contribution >= 4 is 11.8 Å². The van der Waals surface area contributed by atoms with Crippen LogP contribution in [0.4, 0.5) is 0 Å². The van der Waals surface area contributed by atoms with Crippen LogP contribution in [0.2, 0.25) is 0 Å². The molecule has 1 saturated heterocycles. The second kappa shape index (κ2) is 4.04. The number of nitrogens with one attached hydrogen (secondary N) is 1. The van der Waals surface area contributed by atoms with Gasteiger partial charge in [0.15, 0.2) is 0 Å². The first-order chi connectivity index (χ1) is 5.22. The molecule has 1 fully saturated rings. The van der Waals surface area contributed by atoms with Gasteiger partial charge in [-0.25, -0.2) is 0 Å². The van der Waals surface area contributed by atoms with Crippen molar-refractivity contribution in [3.63, 3.8) is 0 Å². The molecule has 1 aliphatic heterocycles. The lowest BCUT2D eigenvalue weighted by atomic mass is 10.2. The summed E-state index contributed by atoms with van der Waals surface area (Å²) >= 11 is 2.03. The fourth-order valence-electron chi connectivity index (χ4n) is 1.33. The average Bonchev–Trinajstić information content (AvgIpc) is 2.35. The highest BCUT2D eigenvalue weighted by atomic mass is 32.2. The van der Waals surface area contributed by atoms with E-state index in [2.05, 4.69) is 18.2 Å². The van der Waals surface area contributed by atoms with Crippen LogP contribution >= 0.6 is 11.8 Å². The van der Waals surface area contributed by atoms with E-state index in [9.17, 15) is 0 Å². The average molecular weight is 169 g/mol. The molecule has 0 aliphatic carbocycles. The SMILES string of the molecule is C#CC(C)NC1CSC(C)C1. The number of hydrogen-bond acceptors (Lipinski definition) is 2. The third-order valence-electron chi connectivity index (χ3n) is 1.93. The van der Waals surface area contributed by atoms with Gasteiger partial charge in [0.1, 0.15) is 0 Å². The Morgan fingerprint density at radius 2 is 2.45 bits per heavy atom. The van der Waals surface area contributed by atoms with Gasteiger partial charge < -0.3 is 5.32 Å². The van der Waals surface area contributed by atoms with Crippen molar-refractivity contribution in [3.05, 3.63) is 0 Å². The van der Waals surface area contributed by atoms with E-state index in [-0.39, 0.29) is 6.04 Å². The highest BCUT2D eigenvalue weighted by Crippen LogP contribution is 2.25. The predicted molar refractivity (Wildman–Crippen MR) is 51.8 cm³/mol. The Hall–Kier alpha value is -0.130. The minimum absolute atomic E-state index is 0.228. The summed E-state index contributed by atoms with van der Waals surface area (Å²) in [6.07, 6.45) is 6.53. The molecule has 0 aromatic rings. The molecule has 1 rings (SSSR count). The van der Waals surface area contributed by atoms with E-state index >= 15 is 0 Å². The molecular weight excluding hydrogens is 154 g/mol. The number of thioether (sulfide) groups is 1. The Morgan fingerprint density at radius 3 is 2.91 bits per heavy atom. The quantitative estimate of drug-likeness (QED) is 0.629. The van der Waals surface area contributed by atoms with Gasteiger partial charge in [-0.15, -0.1) is 6.42 Å². The maximum absolute atomic E-state index is 5.27. The Bertz CT molecular complexity index is 161. The summed E-state index contributed by atoms with van der Waals surface area (Å²) in [4.78, 5) is 0. The van der Waals surface area contributed by atoms with Crippen LogP contribution in [0, 0.1) is 12.3 Å². The van der Waals surface area contributed by atoms with Crippen molar-refractivity contribution in [2.45, 2.75) is 37.6 Å². The number of terminal acetylenes is 1. The van der Waals surface area contributed by atoms with E-state index in [1.165, 1.54) is 12.2 Å². The summed E-state index contributed by atoms with van der Waals surface area (Å²) in [5, 5.41) is 4.21. The molecule has 0 bridgehead atoms. The summed E-state index contributed by atoms with van der Waals surface area (Å²) in [6.45, 7) is 4.31. The van der Waals surface area contributed by atoms with Crippen molar-refractivity contribution in [3.8, 4) is 12.3 Å². The van der Waals surface area contributed by atoms with E-state index in [0.29, 0.717) is 6.04 Å². The van der Waals surface area contributed by atoms with Crippen molar-refractivity contribution in [2.75, 3.05) is 5.75 Å². The zero-order valence-corrected chi connectivity index (χ0v) is 7.95. The van der Waals surface area contributed by atoms with Gasteiger partial charge in [-0.05, 0) is 13.3 Å². The molecule has 0 aromatic carbocycles. The molecular formula is C9H15NS. The largest absolute Gasteiger partial charge is 0.300 e. The van der Waals surface area contributed by atoms with E-state index in [1.807, 2.05) is 18.7 Å². The van der Waals surface area contributed by atoms with Gasteiger partial charge in [0.25, 0.3) is 0 Å². The second-order valence-electron chi connectivity index (χ2n) is 3.13. The van der Waals surface area contributed by atoms with E-state index in [4.69, 9.17) is 6.42 Å². The fourth-order valence-corrected chi connectivity index (χ4v) is 2.50. The molecule has 1 heterocycles. The monoisotopic (exact) mass is 169 g/mol. The van der Waals surface area contributed by atoms with Gasteiger partial charge in [0, 0.05) is 17.0 Å². The van der Waals surface area contributed by atoms with Crippen molar-refractivity contribution in [2.24, 2.45) is 0 Å². The van der Waals surface area contributed by atoms with E-state index in [1.54, 1.807) is 0 Å². The Labute approximate surface area is 73.3 Å². The van der Waals surface area contributed by atoms with Crippen LogP contribution in [0.5, 0.6) is 0 Å². The predicted octanol–water partition coefficient (Wildman–Crippen LogP) is 1.49. The molecule has 0 spiro atoms. The highest BCUT2D eigenvalue weighted by Gasteiger charge is 2.21. The Kier molecular flexibility index (Phi) is 3.29. The zero-order valence-electron chi connectivity index (χ0n) is 7.13. The normalized spacial score (nSPS) is 33.2. The smallest absolute Gasteiger partial charge is 0.0660 e. The first-order valence-corrected chi connectivity index (χ1v) is 5.11. The summed E-state index contributed by atoms with van der Waals surface area (Å²) < 4.78 is 0. The summed E-state index contributed by atoms with van der Waals surface area (Å²) in [5.74, 6) is 3.90. The molecule has 0 amide bonds. The third kappa shape index (κ3) is 2.76. The Balaban J connectivity index is 2.24. The molecule has 3 unspecified atom stereocenters. The van der Waals surface area contributed by atoms with Crippen LogP contribution in [-0.4, -0.2) is 23.1 Å². The minimum atomic E-state index is 0.228. The topological polar surface area (TPSA) is 12.0 Å². The summed E-state index contributed by atoms with van der Waals surface area (Å²) in [6, 6.07) is 0.868. The maximum Gasteiger partial charge on any atom is 0.0660 e. The lowest BCUT2D eigenvalue weighted by molar-refractivity contribution is 0.517. The van der Waals surface area contributed by atoms with Crippen LogP contribution in [0.25, 0.3) is 0 Å². The molecule has 1 N–H and O–H groups in total. The van der Waals surface area contributed by atoms with Crippen LogP contribution in [0.3, 0.4) is 0 Å². The van der Waals surface area contributed by atoms with Gasteiger partial charge in [0.2, 0.25) is 0 Å². The van der Waals surface area contributed by atoms with Gasteiger partial charge in [-0.2, -0.15) is 11.8 Å². The molecule has 0 saturated carbocycles. The molecule has 62 valence electrons. The van der Waals surface area contributed by atoms with Crippen molar-refractivity contribution in [1.29, 1.82) is 0 Å². The Morgan fingerprint density at radius 1 is 1.73 bits per heavy atom. The van der Waals surface area contributed by atoms with E-state index in [0.717, 1.165) is 5.25 Å². The fraction of sp³-hybridized carbons (Fsp3) is 0.778.